The molecule has 0 saturated carbocycles. The van der Waals surface area contributed by atoms with Gasteiger partial charge in [0.1, 0.15) is 24.2 Å². The number of nitrogens with one attached hydrogen (secondary N) is 1. The van der Waals surface area contributed by atoms with Crippen molar-refractivity contribution >= 4 is 23.5 Å². The molecule has 4 rings (SSSR count). The van der Waals surface area contributed by atoms with E-state index in [4.69, 9.17) is 25.8 Å². The minimum atomic E-state index is -4.93. The first-order valence-corrected chi connectivity index (χ1v) is 12.1. The smallest absolute Gasteiger partial charge is 0.431 e. The van der Waals surface area contributed by atoms with Crippen molar-refractivity contribution in [3.05, 3.63) is 87.2 Å². The van der Waals surface area contributed by atoms with Gasteiger partial charge in [-0.2, -0.15) is 13.2 Å². The number of esters is 2. The van der Waals surface area contributed by atoms with Crippen LogP contribution < -0.4 is 10.1 Å². The van der Waals surface area contributed by atoms with Crippen LogP contribution in [-0.4, -0.2) is 51.1 Å². The maximum atomic E-state index is 14.0. The highest BCUT2D eigenvalue weighted by molar-refractivity contribution is 6.31. The fourth-order valence-corrected chi connectivity index (χ4v) is 4.36. The highest BCUT2D eigenvalue weighted by atomic mass is 35.5. The SMILES string of the molecule is COC(=O)C1=C(C(F)(F)F)NC(C)=C(C(=O)OCCc2ccc(OCC3CO3)cc2)C1c1ccccc1Cl. The highest BCUT2D eigenvalue weighted by Crippen LogP contribution is 2.45. The minimum Gasteiger partial charge on any atom is -0.491 e. The van der Waals surface area contributed by atoms with Crippen LogP contribution in [0.25, 0.3) is 0 Å². The van der Waals surface area contributed by atoms with Gasteiger partial charge in [0.15, 0.2) is 0 Å². The summed E-state index contributed by atoms with van der Waals surface area (Å²) in [6, 6.07) is 13.3. The molecule has 7 nitrogen and oxygen atoms in total. The van der Waals surface area contributed by atoms with E-state index in [-0.39, 0.29) is 34.6 Å². The second kappa shape index (κ2) is 11.5. The number of dihydropyridines is 1. The van der Waals surface area contributed by atoms with Crippen LogP contribution in [0, 0.1) is 0 Å². The lowest BCUT2D eigenvalue weighted by Crippen LogP contribution is -2.38. The Hall–Kier alpha value is -3.50. The minimum absolute atomic E-state index is 0.0512. The molecule has 2 aliphatic rings. The third kappa shape index (κ3) is 6.31. The highest BCUT2D eigenvalue weighted by Gasteiger charge is 2.47. The van der Waals surface area contributed by atoms with Gasteiger partial charge in [0.2, 0.25) is 0 Å². The summed E-state index contributed by atoms with van der Waals surface area (Å²) >= 11 is 6.32. The Morgan fingerprint density at radius 3 is 2.37 bits per heavy atom. The van der Waals surface area contributed by atoms with Crippen LogP contribution in [0.2, 0.25) is 5.02 Å². The maximum absolute atomic E-state index is 14.0. The zero-order chi connectivity index (χ0) is 27.4. The standard InChI is InChI=1S/C27H25ClF3NO6/c1-15-21(26(34)36-12-11-16-7-9-17(10-8-16)37-13-18-14-38-18)22(19-5-3-4-6-20(19)28)23(25(33)35-2)24(32-15)27(29,30)31/h3-10,18,22,32H,11-14H2,1-2H3. The second-order valence-corrected chi connectivity index (χ2v) is 9.10. The molecule has 0 aliphatic carbocycles. The number of hydrogen-bond acceptors (Lipinski definition) is 7. The molecule has 2 aliphatic heterocycles. The van der Waals surface area contributed by atoms with Crippen molar-refractivity contribution in [2.75, 3.05) is 26.9 Å². The molecule has 0 aromatic heterocycles. The number of halogens is 4. The van der Waals surface area contributed by atoms with Gasteiger partial charge in [0, 0.05) is 17.1 Å². The van der Waals surface area contributed by atoms with Crippen molar-refractivity contribution in [3.63, 3.8) is 0 Å². The quantitative estimate of drug-likeness (QED) is 0.352. The topological polar surface area (TPSA) is 86.4 Å². The molecule has 0 spiro atoms. The lowest BCUT2D eigenvalue weighted by atomic mass is 9.80. The summed E-state index contributed by atoms with van der Waals surface area (Å²) in [5.74, 6) is -2.91. The average molecular weight is 552 g/mol. The maximum Gasteiger partial charge on any atom is 0.431 e. The van der Waals surface area contributed by atoms with Crippen molar-refractivity contribution in [1.29, 1.82) is 0 Å². The van der Waals surface area contributed by atoms with E-state index >= 15 is 0 Å². The van der Waals surface area contributed by atoms with Crippen LogP contribution in [0.5, 0.6) is 5.75 Å². The first kappa shape index (κ1) is 27.5. The molecule has 11 heteroatoms. The molecule has 1 fully saturated rings. The number of hydrogen-bond donors (Lipinski definition) is 1. The Morgan fingerprint density at radius 1 is 1.08 bits per heavy atom. The van der Waals surface area contributed by atoms with Crippen LogP contribution in [-0.2, 0) is 30.2 Å². The summed E-state index contributed by atoms with van der Waals surface area (Å²) in [6.45, 7) is 2.43. The monoisotopic (exact) mass is 551 g/mol. The van der Waals surface area contributed by atoms with Gasteiger partial charge in [-0.05, 0) is 36.2 Å². The number of rotatable bonds is 9. The third-order valence-corrected chi connectivity index (χ3v) is 6.42. The van der Waals surface area contributed by atoms with Crippen LogP contribution in [0.1, 0.15) is 24.0 Å². The molecule has 2 heterocycles. The first-order chi connectivity index (χ1) is 18.1. The van der Waals surface area contributed by atoms with Crippen LogP contribution in [0.4, 0.5) is 13.2 Å². The Bertz CT molecular complexity index is 1270. The summed E-state index contributed by atoms with van der Waals surface area (Å²) in [6.07, 6.45) is -4.44. The number of epoxide rings is 1. The van der Waals surface area contributed by atoms with E-state index in [0.29, 0.717) is 25.4 Å². The van der Waals surface area contributed by atoms with E-state index < -0.39 is 35.3 Å². The van der Waals surface area contributed by atoms with Gasteiger partial charge in [0.25, 0.3) is 0 Å². The van der Waals surface area contributed by atoms with Gasteiger partial charge in [0.05, 0.1) is 37.4 Å². The molecule has 1 saturated heterocycles. The number of benzene rings is 2. The lowest BCUT2D eigenvalue weighted by Gasteiger charge is -2.32. The fraction of sp³-hybridized carbons (Fsp3) is 0.333. The van der Waals surface area contributed by atoms with Crippen molar-refractivity contribution in [2.45, 2.75) is 31.5 Å². The molecule has 2 aromatic carbocycles. The van der Waals surface area contributed by atoms with Crippen molar-refractivity contribution in [2.24, 2.45) is 0 Å². The molecule has 1 N–H and O–H groups in total. The fourth-order valence-electron chi connectivity index (χ4n) is 4.12. The van der Waals surface area contributed by atoms with Gasteiger partial charge in [-0.15, -0.1) is 0 Å². The lowest BCUT2D eigenvalue weighted by molar-refractivity contribution is -0.140. The molecule has 2 aromatic rings. The third-order valence-electron chi connectivity index (χ3n) is 6.07. The van der Waals surface area contributed by atoms with E-state index in [0.717, 1.165) is 12.7 Å². The zero-order valence-electron chi connectivity index (χ0n) is 20.6. The first-order valence-electron chi connectivity index (χ1n) is 11.7. The molecular formula is C27H25ClF3NO6. The van der Waals surface area contributed by atoms with Gasteiger partial charge < -0.3 is 24.3 Å². The van der Waals surface area contributed by atoms with E-state index in [9.17, 15) is 22.8 Å². The Balaban J connectivity index is 1.56. The Labute approximate surface area is 222 Å². The number of ether oxygens (including phenoxy) is 4. The van der Waals surface area contributed by atoms with Crippen LogP contribution in [0.3, 0.4) is 0 Å². The predicted octanol–water partition coefficient (Wildman–Crippen LogP) is 4.85. The van der Waals surface area contributed by atoms with E-state index in [1.807, 2.05) is 12.1 Å². The molecule has 0 amide bonds. The van der Waals surface area contributed by atoms with E-state index in [1.165, 1.54) is 19.1 Å². The number of carbonyl (C=O) groups is 2. The molecule has 202 valence electrons. The summed E-state index contributed by atoms with van der Waals surface area (Å²) in [4.78, 5) is 25.9. The largest absolute Gasteiger partial charge is 0.491 e. The van der Waals surface area contributed by atoms with Gasteiger partial charge in [-0.25, -0.2) is 9.59 Å². The zero-order valence-corrected chi connectivity index (χ0v) is 21.3. The molecule has 38 heavy (non-hydrogen) atoms. The van der Waals surface area contributed by atoms with Crippen molar-refractivity contribution < 1.29 is 41.7 Å². The van der Waals surface area contributed by atoms with Crippen LogP contribution >= 0.6 is 11.6 Å². The second-order valence-electron chi connectivity index (χ2n) is 8.69. The Morgan fingerprint density at radius 2 is 1.76 bits per heavy atom. The number of allylic oxidation sites excluding steroid dienone is 2. The van der Waals surface area contributed by atoms with Gasteiger partial charge in [-0.3, -0.25) is 0 Å². The van der Waals surface area contributed by atoms with Gasteiger partial charge >= 0.3 is 18.1 Å². The summed E-state index contributed by atoms with van der Waals surface area (Å²) in [7, 11) is 0.964. The molecule has 0 radical (unpaired) electrons. The molecule has 0 bridgehead atoms. The Kier molecular flexibility index (Phi) is 8.32. The molecule has 2 atom stereocenters. The van der Waals surface area contributed by atoms with E-state index in [2.05, 4.69) is 10.1 Å². The summed E-state index contributed by atoms with van der Waals surface area (Å²) in [5.41, 5.74) is -1.39. The number of carbonyl (C=O) groups excluding carboxylic acids is 2. The number of methoxy groups -OCH3 is 1. The predicted molar refractivity (Wildman–Crippen MR) is 131 cm³/mol. The molecular weight excluding hydrogens is 527 g/mol. The van der Waals surface area contributed by atoms with Gasteiger partial charge in [-0.1, -0.05) is 41.9 Å². The van der Waals surface area contributed by atoms with Crippen molar-refractivity contribution in [3.8, 4) is 5.75 Å². The summed E-state index contributed by atoms with van der Waals surface area (Å²) < 4.78 is 62.8. The normalized spacial score (nSPS) is 19.1. The average Bonchev–Trinajstić information content (AvgIpc) is 3.71. The molecule has 2 unspecified atom stereocenters. The van der Waals surface area contributed by atoms with E-state index in [1.54, 1.807) is 24.3 Å². The van der Waals surface area contributed by atoms with Crippen LogP contribution in [0.15, 0.2) is 71.1 Å². The number of alkyl halides is 3. The van der Waals surface area contributed by atoms with Crippen molar-refractivity contribution in [1.82, 2.24) is 5.32 Å². The summed E-state index contributed by atoms with van der Waals surface area (Å²) in [5, 5.41) is 2.26.